The summed E-state index contributed by atoms with van der Waals surface area (Å²) in [6, 6.07) is 3.05. The Morgan fingerprint density at radius 2 is 1.94 bits per heavy atom. The van der Waals surface area contributed by atoms with Gasteiger partial charge in [-0.05, 0) is 50.7 Å². The molecule has 0 aliphatic carbocycles. The largest absolute Gasteiger partial charge is 0.383 e. The Morgan fingerprint density at radius 1 is 1.28 bits per heavy atom. The number of aliphatic hydroxyl groups is 1. The Hall–Kier alpha value is -0.930. The fourth-order valence-corrected chi connectivity index (χ4v) is 3.73. The van der Waals surface area contributed by atoms with Crippen LogP contribution in [0.5, 0.6) is 0 Å². The molecule has 2 aliphatic rings. The molecule has 2 saturated heterocycles. The average Bonchev–Trinajstić information content (AvgIpc) is 2.27. The summed E-state index contributed by atoms with van der Waals surface area (Å²) in [4.78, 5) is 4.52. The lowest BCUT2D eigenvalue weighted by Crippen LogP contribution is -2.54. The maximum atomic E-state index is 11.0. The molecule has 2 N–H and O–H groups in total. The monoisotopic (exact) mass is 246 g/mol. The summed E-state index contributed by atoms with van der Waals surface area (Å²) in [5.74, 6) is 0. The van der Waals surface area contributed by atoms with Crippen LogP contribution < -0.4 is 5.32 Å². The molecule has 1 aromatic rings. The molecule has 2 fully saturated rings. The van der Waals surface area contributed by atoms with Gasteiger partial charge in [0.2, 0.25) is 0 Å². The maximum absolute atomic E-state index is 11.0. The first-order valence-corrected chi connectivity index (χ1v) is 6.99. The molecule has 2 aliphatic heterocycles. The van der Waals surface area contributed by atoms with Gasteiger partial charge in [0.1, 0.15) is 5.60 Å². The third kappa shape index (κ3) is 2.06. The SMILES string of the molecule is Cc1cnc(C2(O)CC3CCCC(C2)N3)c(C)c1. The molecule has 0 aromatic carbocycles. The van der Waals surface area contributed by atoms with Crippen LogP contribution in [0.25, 0.3) is 0 Å². The molecule has 0 radical (unpaired) electrons. The summed E-state index contributed by atoms with van der Waals surface area (Å²) < 4.78 is 0. The number of rotatable bonds is 1. The first-order valence-electron chi connectivity index (χ1n) is 6.99. The summed E-state index contributed by atoms with van der Waals surface area (Å²) in [6.07, 6.45) is 7.14. The molecule has 2 bridgehead atoms. The van der Waals surface area contributed by atoms with Crippen LogP contribution in [0.4, 0.5) is 0 Å². The van der Waals surface area contributed by atoms with Crippen LogP contribution in [-0.2, 0) is 5.60 Å². The zero-order valence-electron chi connectivity index (χ0n) is 11.2. The second kappa shape index (κ2) is 4.32. The quantitative estimate of drug-likeness (QED) is 0.798. The molecule has 98 valence electrons. The van der Waals surface area contributed by atoms with Crippen molar-refractivity contribution in [3.8, 4) is 0 Å². The van der Waals surface area contributed by atoms with Crippen molar-refractivity contribution < 1.29 is 5.11 Å². The normalized spacial score (nSPS) is 35.5. The van der Waals surface area contributed by atoms with Crippen molar-refractivity contribution >= 4 is 0 Å². The fourth-order valence-electron chi connectivity index (χ4n) is 3.73. The molecule has 0 saturated carbocycles. The van der Waals surface area contributed by atoms with Crippen molar-refractivity contribution in [2.24, 2.45) is 0 Å². The third-order valence-electron chi connectivity index (χ3n) is 4.40. The van der Waals surface area contributed by atoms with Crippen LogP contribution in [0.3, 0.4) is 0 Å². The number of piperidine rings is 2. The number of aromatic nitrogens is 1. The van der Waals surface area contributed by atoms with Gasteiger partial charge in [0.05, 0.1) is 5.69 Å². The third-order valence-corrected chi connectivity index (χ3v) is 4.40. The Kier molecular flexibility index (Phi) is 2.91. The smallest absolute Gasteiger partial charge is 0.110 e. The highest BCUT2D eigenvalue weighted by atomic mass is 16.3. The van der Waals surface area contributed by atoms with Gasteiger partial charge in [-0.1, -0.05) is 12.5 Å². The second-order valence-corrected chi connectivity index (χ2v) is 6.11. The molecule has 0 amide bonds. The molecule has 18 heavy (non-hydrogen) atoms. The zero-order valence-corrected chi connectivity index (χ0v) is 11.2. The van der Waals surface area contributed by atoms with E-state index < -0.39 is 5.60 Å². The Balaban J connectivity index is 1.94. The number of fused-ring (bicyclic) bond motifs is 2. The number of hydrogen-bond donors (Lipinski definition) is 2. The van der Waals surface area contributed by atoms with E-state index >= 15 is 0 Å². The number of pyridine rings is 1. The number of nitrogens with zero attached hydrogens (tertiary/aromatic N) is 1. The number of nitrogens with one attached hydrogen (secondary N) is 1. The first kappa shape index (κ1) is 12.1. The van der Waals surface area contributed by atoms with E-state index in [9.17, 15) is 5.11 Å². The molecule has 3 nitrogen and oxygen atoms in total. The molecule has 3 heteroatoms. The van der Waals surface area contributed by atoms with E-state index in [1.54, 1.807) is 0 Å². The van der Waals surface area contributed by atoms with Gasteiger partial charge in [0.15, 0.2) is 0 Å². The van der Waals surface area contributed by atoms with Crippen molar-refractivity contribution in [2.45, 2.75) is 63.6 Å². The van der Waals surface area contributed by atoms with Crippen LogP contribution in [0, 0.1) is 13.8 Å². The second-order valence-electron chi connectivity index (χ2n) is 6.11. The van der Waals surface area contributed by atoms with Crippen LogP contribution in [0.2, 0.25) is 0 Å². The minimum Gasteiger partial charge on any atom is -0.383 e. The standard InChI is InChI=1S/C15H22N2O/c1-10-6-11(2)14(16-9-10)15(18)7-12-4-3-5-13(8-15)17-12/h6,9,12-13,17-18H,3-5,7-8H2,1-2H3. The van der Waals surface area contributed by atoms with Crippen LogP contribution in [0.1, 0.15) is 48.9 Å². The Labute approximate surface area is 109 Å². The minimum absolute atomic E-state index is 0.463. The van der Waals surface area contributed by atoms with E-state index in [-0.39, 0.29) is 0 Å². The highest BCUT2D eigenvalue weighted by Gasteiger charge is 2.43. The van der Waals surface area contributed by atoms with Gasteiger partial charge in [-0.15, -0.1) is 0 Å². The van der Waals surface area contributed by atoms with Gasteiger partial charge in [-0.25, -0.2) is 0 Å². The Morgan fingerprint density at radius 3 is 2.56 bits per heavy atom. The van der Waals surface area contributed by atoms with E-state index in [2.05, 4.69) is 23.3 Å². The lowest BCUT2D eigenvalue weighted by molar-refractivity contribution is -0.0397. The summed E-state index contributed by atoms with van der Waals surface area (Å²) in [6.45, 7) is 4.11. The van der Waals surface area contributed by atoms with E-state index in [1.807, 2.05) is 13.1 Å². The lowest BCUT2D eigenvalue weighted by atomic mass is 9.74. The van der Waals surface area contributed by atoms with E-state index in [1.165, 1.54) is 19.3 Å². The zero-order chi connectivity index (χ0) is 12.8. The van der Waals surface area contributed by atoms with Crippen LogP contribution >= 0.6 is 0 Å². The molecule has 0 spiro atoms. The van der Waals surface area contributed by atoms with E-state index in [0.717, 1.165) is 29.7 Å². The molecular weight excluding hydrogens is 224 g/mol. The predicted molar refractivity (Wildman–Crippen MR) is 71.4 cm³/mol. The summed E-state index contributed by atoms with van der Waals surface area (Å²) >= 11 is 0. The molecule has 3 heterocycles. The maximum Gasteiger partial charge on any atom is 0.110 e. The molecule has 2 atom stereocenters. The predicted octanol–water partition coefficient (Wildman–Crippen LogP) is 2.19. The molecule has 1 aromatic heterocycles. The summed E-state index contributed by atoms with van der Waals surface area (Å²) in [7, 11) is 0. The van der Waals surface area contributed by atoms with Crippen molar-refractivity contribution in [3.05, 3.63) is 29.1 Å². The highest BCUT2D eigenvalue weighted by Crippen LogP contribution is 2.39. The molecule has 3 rings (SSSR count). The van der Waals surface area contributed by atoms with Gasteiger partial charge in [0.25, 0.3) is 0 Å². The summed E-state index contributed by atoms with van der Waals surface area (Å²) in [5, 5.41) is 14.6. The van der Waals surface area contributed by atoms with Crippen LogP contribution in [-0.4, -0.2) is 22.2 Å². The van der Waals surface area contributed by atoms with Gasteiger partial charge in [-0.3, -0.25) is 4.98 Å². The summed E-state index contributed by atoms with van der Waals surface area (Å²) in [5.41, 5.74) is 2.46. The number of aryl methyl sites for hydroxylation is 2. The van der Waals surface area contributed by atoms with E-state index in [4.69, 9.17) is 0 Å². The van der Waals surface area contributed by atoms with Crippen molar-refractivity contribution in [3.63, 3.8) is 0 Å². The van der Waals surface area contributed by atoms with Crippen LogP contribution in [0.15, 0.2) is 12.3 Å². The molecule has 2 unspecified atom stereocenters. The highest BCUT2D eigenvalue weighted by molar-refractivity contribution is 5.29. The van der Waals surface area contributed by atoms with Gasteiger partial charge < -0.3 is 10.4 Å². The van der Waals surface area contributed by atoms with Crippen molar-refractivity contribution in [1.82, 2.24) is 10.3 Å². The van der Waals surface area contributed by atoms with Crippen molar-refractivity contribution in [2.75, 3.05) is 0 Å². The van der Waals surface area contributed by atoms with Gasteiger partial charge >= 0.3 is 0 Å². The number of hydrogen-bond acceptors (Lipinski definition) is 3. The fraction of sp³-hybridized carbons (Fsp3) is 0.667. The molecular formula is C15H22N2O. The minimum atomic E-state index is -0.723. The van der Waals surface area contributed by atoms with E-state index in [0.29, 0.717) is 12.1 Å². The van der Waals surface area contributed by atoms with Gasteiger partial charge in [-0.2, -0.15) is 0 Å². The van der Waals surface area contributed by atoms with Crippen molar-refractivity contribution in [1.29, 1.82) is 0 Å². The lowest BCUT2D eigenvalue weighted by Gasteiger charge is -2.45. The topological polar surface area (TPSA) is 45.2 Å². The Bertz CT molecular complexity index is 446. The first-order chi connectivity index (χ1) is 8.57. The average molecular weight is 246 g/mol. The van der Waals surface area contributed by atoms with Gasteiger partial charge in [0, 0.05) is 18.3 Å².